The van der Waals surface area contributed by atoms with Gasteiger partial charge < -0.3 is 15.3 Å². The molecule has 1 aliphatic carbocycles. The van der Waals surface area contributed by atoms with E-state index in [1.165, 1.54) is 0 Å². The molecule has 1 saturated carbocycles. The molecule has 1 aliphatic rings. The van der Waals surface area contributed by atoms with E-state index in [4.69, 9.17) is 0 Å². The Bertz CT molecular complexity index is 692. The summed E-state index contributed by atoms with van der Waals surface area (Å²) in [5.41, 5.74) is -0.385. The molecular weight excluding hydrogens is 456 g/mol. The quantitative estimate of drug-likeness (QED) is 0.173. The van der Waals surface area contributed by atoms with E-state index in [0.717, 1.165) is 51.4 Å². The van der Waals surface area contributed by atoms with Crippen LogP contribution in [0.3, 0.4) is 0 Å². The molecule has 0 aromatic carbocycles. The first-order valence-corrected chi connectivity index (χ1v) is 14.5. The Kier molecular flexibility index (Phi) is 13.5. The molecule has 1 rings (SSSR count). The van der Waals surface area contributed by atoms with Crippen LogP contribution in [0.5, 0.6) is 0 Å². The summed E-state index contributed by atoms with van der Waals surface area (Å²) in [6.45, 7) is 13.4. The highest BCUT2D eigenvalue weighted by molar-refractivity contribution is 5.67. The van der Waals surface area contributed by atoms with E-state index < -0.39 is 17.9 Å². The second-order valence-corrected chi connectivity index (χ2v) is 12.4. The molecule has 0 radical (unpaired) electrons. The molecule has 6 heteroatoms. The fourth-order valence-electron chi connectivity index (χ4n) is 7.42. The fourth-order valence-corrected chi connectivity index (χ4v) is 7.42. The first-order valence-electron chi connectivity index (χ1n) is 14.5. The van der Waals surface area contributed by atoms with Gasteiger partial charge in [0.25, 0.3) is 0 Å². The van der Waals surface area contributed by atoms with Crippen molar-refractivity contribution < 1.29 is 29.7 Å². The molecule has 0 aromatic rings. The summed E-state index contributed by atoms with van der Waals surface area (Å²) in [6.07, 6.45) is 9.77. The lowest BCUT2D eigenvalue weighted by Crippen LogP contribution is -2.55. The minimum Gasteiger partial charge on any atom is -0.481 e. The van der Waals surface area contributed by atoms with Crippen molar-refractivity contribution in [2.75, 3.05) is 0 Å². The van der Waals surface area contributed by atoms with Crippen LogP contribution in [0.25, 0.3) is 0 Å². The van der Waals surface area contributed by atoms with Gasteiger partial charge in [-0.25, -0.2) is 0 Å². The van der Waals surface area contributed by atoms with Gasteiger partial charge in [0.15, 0.2) is 0 Å². The molecule has 0 spiro atoms. The van der Waals surface area contributed by atoms with Crippen LogP contribution in [0.15, 0.2) is 0 Å². The second-order valence-electron chi connectivity index (χ2n) is 12.4. The summed E-state index contributed by atoms with van der Waals surface area (Å²) in [5.74, 6) is -0.703. The van der Waals surface area contributed by atoms with E-state index in [9.17, 15) is 29.7 Å². The maximum absolute atomic E-state index is 11.9. The van der Waals surface area contributed by atoms with Gasteiger partial charge >= 0.3 is 17.9 Å². The summed E-state index contributed by atoms with van der Waals surface area (Å²) in [7, 11) is 0. The van der Waals surface area contributed by atoms with E-state index in [2.05, 4.69) is 41.5 Å². The van der Waals surface area contributed by atoms with Gasteiger partial charge in [0.1, 0.15) is 0 Å². The van der Waals surface area contributed by atoms with Gasteiger partial charge in [0.05, 0.1) is 0 Å². The van der Waals surface area contributed by atoms with Crippen molar-refractivity contribution in [3.8, 4) is 0 Å². The van der Waals surface area contributed by atoms with Crippen molar-refractivity contribution in [3.05, 3.63) is 0 Å². The average molecular weight is 511 g/mol. The fraction of sp³-hybridized carbons (Fsp3) is 0.900. The number of aliphatic carboxylic acids is 3. The Morgan fingerprint density at radius 2 is 1.17 bits per heavy atom. The monoisotopic (exact) mass is 510 g/mol. The lowest BCUT2D eigenvalue weighted by molar-refractivity contribution is -0.153. The van der Waals surface area contributed by atoms with Gasteiger partial charge in [-0.3, -0.25) is 14.4 Å². The largest absolute Gasteiger partial charge is 0.481 e. The highest BCUT2D eigenvalue weighted by atomic mass is 16.4. The van der Waals surface area contributed by atoms with E-state index in [0.29, 0.717) is 37.0 Å². The predicted molar refractivity (Wildman–Crippen MR) is 144 cm³/mol. The van der Waals surface area contributed by atoms with Gasteiger partial charge in [-0.15, -0.1) is 0 Å². The molecule has 0 amide bonds. The average Bonchev–Trinajstić information content (AvgIpc) is 2.81. The number of carbonyl (C=O) groups is 3. The van der Waals surface area contributed by atoms with Crippen LogP contribution in [0.2, 0.25) is 0 Å². The van der Waals surface area contributed by atoms with Crippen molar-refractivity contribution in [2.24, 2.45) is 40.4 Å². The molecule has 0 saturated heterocycles. The third-order valence-corrected chi connectivity index (χ3v) is 9.68. The highest BCUT2D eigenvalue weighted by Crippen LogP contribution is 2.67. The zero-order chi connectivity index (χ0) is 27.5. The maximum Gasteiger partial charge on any atom is 0.303 e. The smallest absolute Gasteiger partial charge is 0.303 e. The molecule has 6 nitrogen and oxygen atoms in total. The van der Waals surface area contributed by atoms with Crippen LogP contribution in [0.1, 0.15) is 131 Å². The Balaban J connectivity index is 3.83. The molecule has 0 aliphatic heterocycles. The Hall–Kier alpha value is -1.59. The normalized spacial score (nSPS) is 28.8. The molecule has 0 bridgehead atoms. The van der Waals surface area contributed by atoms with E-state index in [1.54, 1.807) is 0 Å². The predicted octanol–water partition coefficient (Wildman–Crippen LogP) is 7.89. The van der Waals surface area contributed by atoms with Crippen LogP contribution in [0, 0.1) is 40.4 Å². The number of rotatable bonds is 18. The first-order chi connectivity index (χ1) is 16.8. The summed E-state index contributed by atoms with van der Waals surface area (Å²) in [4.78, 5) is 35.2. The number of hydrogen-bond donors (Lipinski definition) is 3. The van der Waals surface area contributed by atoms with Gasteiger partial charge in [0.2, 0.25) is 0 Å². The van der Waals surface area contributed by atoms with E-state index >= 15 is 0 Å². The molecule has 0 heterocycles. The summed E-state index contributed by atoms with van der Waals surface area (Å²) < 4.78 is 0. The van der Waals surface area contributed by atoms with E-state index in [-0.39, 0.29) is 41.9 Å². The lowest BCUT2D eigenvalue weighted by Gasteiger charge is -2.63. The SMILES string of the molecule is CCC(C)CC1(CCC(=O)O)CC(CCC(=O)O)CC(CCC(=O)O)C1(CC(C)CC)CC(C)CC. The van der Waals surface area contributed by atoms with Crippen molar-refractivity contribution in [1.82, 2.24) is 0 Å². The standard InChI is InChI=1S/C30H54O6/c1-7-21(4)17-29(15-14-28(35)36)20-24(10-12-26(31)32)16-25(11-13-27(33)34)30(29,18-22(5)8-2)19-23(6)9-3/h21-25H,7-20H2,1-6H3,(H,31,32)(H,33,34)(H,35,36). The summed E-state index contributed by atoms with van der Waals surface area (Å²) >= 11 is 0. The van der Waals surface area contributed by atoms with Gasteiger partial charge in [0, 0.05) is 19.3 Å². The van der Waals surface area contributed by atoms with Crippen LogP contribution >= 0.6 is 0 Å². The molecule has 210 valence electrons. The molecule has 36 heavy (non-hydrogen) atoms. The van der Waals surface area contributed by atoms with Crippen LogP contribution in [-0.2, 0) is 14.4 Å². The molecule has 0 aromatic heterocycles. The summed E-state index contributed by atoms with van der Waals surface area (Å²) in [5, 5.41) is 28.9. The third-order valence-electron chi connectivity index (χ3n) is 9.68. The second kappa shape index (κ2) is 15.0. The van der Waals surface area contributed by atoms with Crippen molar-refractivity contribution >= 4 is 17.9 Å². The third kappa shape index (κ3) is 9.06. The number of carboxylic acids is 3. The van der Waals surface area contributed by atoms with Crippen molar-refractivity contribution in [3.63, 3.8) is 0 Å². The Morgan fingerprint density at radius 1 is 0.722 bits per heavy atom. The van der Waals surface area contributed by atoms with Gasteiger partial charge in [-0.05, 0) is 91.8 Å². The Morgan fingerprint density at radius 3 is 1.61 bits per heavy atom. The first kappa shape index (κ1) is 32.4. The molecule has 6 atom stereocenters. The zero-order valence-corrected chi connectivity index (χ0v) is 23.9. The minimum atomic E-state index is -0.800. The van der Waals surface area contributed by atoms with Gasteiger partial charge in [-0.2, -0.15) is 0 Å². The van der Waals surface area contributed by atoms with Crippen LogP contribution in [0.4, 0.5) is 0 Å². The number of carboxylic acid groups (broad SMARTS) is 3. The molecule has 3 N–H and O–H groups in total. The van der Waals surface area contributed by atoms with Crippen LogP contribution in [-0.4, -0.2) is 33.2 Å². The minimum absolute atomic E-state index is 0.108. The van der Waals surface area contributed by atoms with Crippen molar-refractivity contribution in [1.29, 1.82) is 0 Å². The lowest BCUT2D eigenvalue weighted by atomic mass is 9.41. The maximum atomic E-state index is 11.9. The Labute approximate surface area is 219 Å². The van der Waals surface area contributed by atoms with E-state index in [1.807, 2.05) is 0 Å². The number of hydrogen-bond acceptors (Lipinski definition) is 3. The highest BCUT2D eigenvalue weighted by Gasteiger charge is 2.58. The summed E-state index contributed by atoms with van der Waals surface area (Å²) in [6, 6.07) is 0. The molecule has 1 fully saturated rings. The van der Waals surface area contributed by atoms with Gasteiger partial charge in [-0.1, -0.05) is 60.8 Å². The molecular formula is C30H54O6. The molecule has 6 unspecified atom stereocenters. The van der Waals surface area contributed by atoms with Crippen molar-refractivity contribution in [2.45, 2.75) is 131 Å². The zero-order valence-electron chi connectivity index (χ0n) is 23.9. The topological polar surface area (TPSA) is 112 Å². The van der Waals surface area contributed by atoms with Crippen LogP contribution < -0.4 is 0 Å².